The fourth-order valence-electron chi connectivity index (χ4n) is 10.8. The van der Waals surface area contributed by atoms with E-state index in [9.17, 15) is 0 Å². The Labute approximate surface area is 428 Å². The molecule has 3 aromatic heterocycles. The lowest BCUT2D eigenvalue weighted by atomic mass is 9.97. The molecule has 14 aromatic rings. The molecule has 3 heterocycles. The first-order chi connectivity index (χ1) is 36.7. The monoisotopic (exact) mass is 943 g/mol. The van der Waals surface area contributed by atoms with E-state index in [0.717, 1.165) is 72.6 Å². The van der Waals surface area contributed by atoms with E-state index in [4.69, 9.17) is 15.0 Å². The van der Waals surface area contributed by atoms with Crippen molar-refractivity contribution in [2.45, 2.75) is 0 Å². The number of hydrogen-bond acceptors (Lipinski definition) is 3. The van der Waals surface area contributed by atoms with Crippen molar-refractivity contribution in [3.8, 4) is 90.0 Å². The molecule has 5 nitrogen and oxygen atoms in total. The van der Waals surface area contributed by atoms with Crippen molar-refractivity contribution >= 4 is 43.6 Å². The molecule has 0 aliphatic carbocycles. The molecule has 0 saturated heterocycles. The van der Waals surface area contributed by atoms with Crippen molar-refractivity contribution in [3.05, 3.63) is 273 Å². The highest BCUT2D eigenvalue weighted by molar-refractivity contribution is 6.10. The summed E-state index contributed by atoms with van der Waals surface area (Å²) in [5.41, 5.74) is 18.7. The van der Waals surface area contributed by atoms with Crippen LogP contribution in [0.5, 0.6) is 0 Å². The molecule has 0 unspecified atom stereocenters. The average Bonchev–Trinajstić information content (AvgIpc) is 4.01. The van der Waals surface area contributed by atoms with Crippen LogP contribution in [-0.4, -0.2) is 24.1 Å². The zero-order valence-corrected chi connectivity index (χ0v) is 40.2. The Bertz CT molecular complexity index is 4080. The fourth-order valence-corrected chi connectivity index (χ4v) is 10.8. The van der Waals surface area contributed by atoms with E-state index in [1.807, 2.05) is 18.2 Å². The normalized spacial score (nSPS) is 11.5. The largest absolute Gasteiger partial charge is 0.309 e. The van der Waals surface area contributed by atoms with E-state index in [2.05, 4.69) is 264 Å². The minimum atomic E-state index is 0.612. The Morgan fingerprint density at radius 1 is 0.189 bits per heavy atom. The van der Waals surface area contributed by atoms with Gasteiger partial charge in [-0.15, -0.1) is 0 Å². The first-order valence-corrected chi connectivity index (χ1v) is 25.1. The Morgan fingerprint density at radius 3 is 0.784 bits per heavy atom. The van der Waals surface area contributed by atoms with E-state index in [1.54, 1.807) is 0 Å². The third-order valence-corrected chi connectivity index (χ3v) is 14.3. The smallest absolute Gasteiger partial charge is 0.164 e. The van der Waals surface area contributed by atoms with Crippen molar-refractivity contribution in [2.75, 3.05) is 0 Å². The van der Waals surface area contributed by atoms with Crippen LogP contribution < -0.4 is 0 Å². The lowest BCUT2D eigenvalue weighted by Crippen LogP contribution is -2.00. The Hall–Kier alpha value is -9.97. The van der Waals surface area contributed by atoms with Crippen LogP contribution >= 0.6 is 0 Å². The van der Waals surface area contributed by atoms with Crippen molar-refractivity contribution < 1.29 is 0 Å². The van der Waals surface area contributed by atoms with Gasteiger partial charge in [-0.05, 0) is 117 Å². The summed E-state index contributed by atoms with van der Waals surface area (Å²) in [5.74, 6) is 1.85. The van der Waals surface area contributed by atoms with Gasteiger partial charge in [0, 0.05) is 49.6 Å². The molecular weight excluding hydrogens is 899 g/mol. The quantitative estimate of drug-likeness (QED) is 0.145. The number of aromatic nitrogens is 5. The summed E-state index contributed by atoms with van der Waals surface area (Å²) < 4.78 is 4.74. The van der Waals surface area contributed by atoms with E-state index in [-0.39, 0.29) is 0 Å². The summed E-state index contributed by atoms with van der Waals surface area (Å²) in [6.07, 6.45) is 0. The second-order valence-electron chi connectivity index (χ2n) is 18.8. The van der Waals surface area contributed by atoms with Crippen LogP contribution in [0.4, 0.5) is 0 Å². The number of nitrogens with zero attached hydrogens (tertiary/aromatic N) is 5. The second-order valence-corrected chi connectivity index (χ2v) is 18.8. The molecule has 11 aromatic carbocycles. The van der Waals surface area contributed by atoms with Gasteiger partial charge >= 0.3 is 0 Å². The minimum Gasteiger partial charge on any atom is -0.309 e. The summed E-state index contributed by atoms with van der Waals surface area (Å²) in [6, 6.07) is 97.2. The van der Waals surface area contributed by atoms with Gasteiger partial charge in [-0.1, -0.05) is 200 Å². The molecule has 0 N–H and O–H groups in total. The number of rotatable bonds is 9. The topological polar surface area (TPSA) is 48.5 Å². The highest BCUT2D eigenvalue weighted by atomic mass is 15.0. The predicted octanol–water partition coefficient (Wildman–Crippen LogP) is 17.7. The average molecular weight is 944 g/mol. The molecule has 0 atom stereocenters. The molecule has 0 radical (unpaired) electrons. The fraction of sp³-hybridized carbons (Fsp3) is 0. The van der Waals surface area contributed by atoms with Crippen LogP contribution in [0.25, 0.3) is 134 Å². The van der Waals surface area contributed by atoms with E-state index in [0.29, 0.717) is 17.5 Å². The van der Waals surface area contributed by atoms with Crippen molar-refractivity contribution in [1.82, 2.24) is 24.1 Å². The first kappa shape index (κ1) is 42.9. The lowest BCUT2D eigenvalue weighted by Gasteiger charge is -2.12. The van der Waals surface area contributed by atoms with Gasteiger partial charge in [-0.2, -0.15) is 0 Å². The minimum absolute atomic E-state index is 0.612. The van der Waals surface area contributed by atoms with Crippen molar-refractivity contribution in [1.29, 1.82) is 0 Å². The molecule has 0 saturated carbocycles. The van der Waals surface area contributed by atoms with Crippen LogP contribution in [0.3, 0.4) is 0 Å². The number of fused-ring (bicyclic) bond motifs is 6. The molecule has 14 rings (SSSR count). The molecule has 5 heteroatoms. The van der Waals surface area contributed by atoms with Gasteiger partial charge in [0.25, 0.3) is 0 Å². The van der Waals surface area contributed by atoms with E-state index in [1.165, 1.54) is 43.6 Å². The van der Waals surface area contributed by atoms with Crippen LogP contribution in [0.2, 0.25) is 0 Å². The van der Waals surface area contributed by atoms with E-state index >= 15 is 0 Å². The van der Waals surface area contributed by atoms with Gasteiger partial charge in [-0.25, -0.2) is 15.0 Å². The molecule has 0 aliphatic heterocycles. The maximum Gasteiger partial charge on any atom is 0.164 e. The highest BCUT2D eigenvalue weighted by Gasteiger charge is 2.17. The number of benzene rings is 11. The third kappa shape index (κ3) is 7.63. The van der Waals surface area contributed by atoms with Crippen LogP contribution in [0.15, 0.2) is 273 Å². The van der Waals surface area contributed by atoms with Crippen molar-refractivity contribution in [3.63, 3.8) is 0 Å². The van der Waals surface area contributed by atoms with Crippen LogP contribution in [-0.2, 0) is 0 Å². The maximum atomic E-state index is 5.23. The molecule has 346 valence electrons. The SMILES string of the molecule is c1ccc(-c2nc(-c3cccc(-c4cccc(-c5cccc(-n6c7ccccc7c7ccccc76)c5)c4)c3)nc(-c3cccc(-c4cccc(-c5cccc(-n6c7ccccc7c7ccccc76)c5)c4)c3)n2)cc1. The van der Waals surface area contributed by atoms with Crippen LogP contribution in [0, 0.1) is 0 Å². The summed E-state index contributed by atoms with van der Waals surface area (Å²) in [7, 11) is 0. The van der Waals surface area contributed by atoms with Gasteiger partial charge < -0.3 is 9.13 Å². The van der Waals surface area contributed by atoms with Gasteiger partial charge in [-0.3, -0.25) is 0 Å². The molecule has 0 aliphatic rings. The second kappa shape index (κ2) is 18.0. The van der Waals surface area contributed by atoms with Crippen molar-refractivity contribution in [2.24, 2.45) is 0 Å². The van der Waals surface area contributed by atoms with Gasteiger partial charge in [0.05, 0.1) is 22.1 Å². The summed E-state index contributed by atoms with van der Waals surface area (Å²) >= 11 is 0. The highest BCUT2D eigenvalue weighted by Crippen LogP contribution is 2.37. The summed E-state index contributed by atoms with van der Waals surface area (Å²) in [4.78, 5) is 15.5. The zero-order chi connectivity index (χ0) is 49.0. The Kier molecular flexibility index (Phi) is 10.4. The van der Waals surface area contributed by atoms with E-state index < -0.39 is 0 Å². The Morgan fingerprint density at radius 2 is 0.432 bits per heavy atom. The lowest BCUT2D eigenvalue weighted by molar-refractivity contribution is 1.07. The molecule has 74 heavy (non-hydrogen) atoms. The molecule has 0 bridgehead atoms. The summed E-state index contributed by atoms with van der Waals surface area (Å²) in [6.45, 7) is 0. The maximum absolute atomic E-state index is 5.23. The number of hydrogen-bond donors (Lipinski definition) is 0. The molecule has 0 spiro atoms. The third-order valence-electron chi connectivity index (χ3n) is 14.3. The molecule has 0 amide bonds. The standard InChI is InChI=1S/C69H45N5/c1-2-18-46(19-3-1)67-70-68(55-28-14-24-51(42-55)47-20-12-22-49(40-47)53-26-16-30-57(44-53)73-63-36-8-4-32-59(63)60-33-5-9-37-64(60)73)72-69(71-67)56-29-15-25-52(43-56)48-21-13-23-50(41-48)54-27-17-31-58(45-54)74-65-38-10-6-34-61(65)62-35-7-11-39-66(62)74/h1-45H. The van der Waals surface area contributed by atoms with Gasteiger partial charge in [0.15, 0.2) is 17.5 Å². The Balaban J connectivity index is 0.800. The van der Waals surface area contributed by atoms with Crippen LogP contribution in [0.1, 0.15) is 0 Å². The van der Waals surface area contributed by atoms with Gasteiger partial charge in [0.2, 0.25) is 0 Å². The molecule has 0 fully saturated rings. The first-order valence-electron chi connectivity index (χ1n) is 25.1. The molecular formula is C69H45N5. The zero-order valence-electron chi connectivity index (χ0n) is 40.2. The summed E-state index contributed by atoms with van der Waals surface area (Å²) in [5, 5.41) is 5.00. The predicted molar refractivity (Wildman–Crippen MR) is 307 cm³/mol. The van der Waals surface area contributed by atoms with Gasteiger partial charge in [0.1, 0.15) is 0 Å². The number of para-hydroxylation sites is 4.